The zero-order chi connectivity index (χ0) is 13.1. The predicted molar refractivity (Wildman–Crippen MR) is 79.9 cm³/mol. The maximum atomic E-state index is 4.76. The van der Waals surface area contributed by atoms with Crippen LogP contribution in [0.4, 0.5) is 11.6 Å². The molecule has 0 radical (unpaired) electrons. The van der Waals surface area contributed by atoms with Gasteiger partial charge in [-0.25, -0.2) is 9.97 Å². The number of hydrogen-bond donors (Lipinski definition) is 1. The highest BCUT2D eigenvalue weighted by Crippen LogP contribution is 2.39. The number of rotatable bonds is 6. The normalized spacial score (nSPS) is 14.7. The van der Waals surface area contributed by atoms with E-state index in [1.165, 1.54) is 12.8 Å². The summed E-state index contributed by atoms with van der Waals surface area (Å²) in [4.78, 5) is 11.6. The second kappa shape index (κ2) is 5.78. The van der Waals surface area contributed by atoms with Gasteiger partial charge in [-0.05, 0) is 26.0 Å². The second-order valence-corrected chi connectivity index (χ2v) is 5.80. The Labute approximate surface area is 114 Å². The summed E-state index contributed by atoms with van der Waals surface area (Å²) in [6.07, 6.45) is 4.61. The number of anilines is 2. The third-order valence-corrected chi connectivity index (χ3v) is 3.90. The number of hydrogen-bond acceptors (Lipinski definition) is 5. The minimum atomic E-state index is 0.588. The van der Waals surface area contributed by atoms with Crippen molar-refractivity contribution in [1.29, 1.82) is 0 Å². The van der Waals surface area contributed by atoms with Crippen LogP contribution < -0.4 is 10.2 Å². The predicted octanol–water partition coefficient (Wildman–Crippen LogP) is 2.50. The van der Waals surface area contributed by atoms with E-state index in [9.17, 15) is 0 Å². The molecule has 2 rings (SSSR count). The van der Waals surface area contributed by atoms with Gasteiger partial charge in [0.05, 0.1) is 0 Å². The quantitative estimate of drug-likeness (QED) is 0.857. The molecule has 1 saturated carbocycles. The molecule has 1 aliphatic rings. The van der Waals surface area contributed by atoms with Gasteiger partial charge in [-0.1, -0.05) is 0 Å². The minimum Gasteiger partial charge on any atom is -0.373 e. The molecule has 0 unspecified atom stereocenters. The lowest BCUT2D eigenvalue weighted by Gasteiger charge is -2.21. The van der Waals surface area contributed by atoms with Gasteiger partial charge in [0, 0.05) is 37.9 Å². The second-order valence-electron chi connectivity index (χ2n) is 4.82. The number of thioether (sulfide) groups is 1. The molecule has 0 aliphatic heterocycles. The maximum absolute atomic E-state index is 4.76. The van der Waals surface area contributed by atoms with Crippen molar-refractivity contribution in [2.45, 2.75) is 25.7 Å². The lowest BCUT2D eigenvalue weighted by atomic mass is 10.2. The first-order chi connectivity index (χ1) is 8.67. The summed E-state index contributed by atoms with van der Waals surface area (Å²) in [5, 5.41) is 3.19. The Balaban J connectivity index is 2.28. The van der Waals surface area contributed by atoms with Crippen molar-refractivity contribution in [3.63, 3.8) is 0 Å². The fraction of sp³-hybridized carbons (Fsp3) is 0.692. The van der Waals surface area contributed by atoms with Crippen molar-refractivity contribution in [2.75, 3.05) is 42.9 Å². The summed E-state index contributed by atoms with van der Waals surface area (Å²) in [6, 6.07) is 0. The number of nitrogens with zero attached hydrogens (tertiary/aromatic N) is 3. The molecule has 0 aromatic carbocycles. The molecule has 1 heterocycles. The Kier molecular flexibility index (Phi) is 4.32. The van der Waals surface area contributed by atoms with Crippen LogP contribution in [0.15, 0.2) is 0 Å². The van der Waals surface area contributed by atoms with Gasteiger partial charge in [-0.15, -0.1) is 0 Å². The summed E-state index contributed by atoms with van der Waals surface area (Å²) in [5.41, 5.74) is 1.14. The standard InChI is InChI=1S/C13H22N4S/c1-9-11(14-2)15-12(10-5-6-10)16-13(9)17(3)7-8-18-4/h10H,5-8H2,1-4H3,(H,14,15,16). The van der Waals surface area contributed by atoms with E-state index in [4.69, 9.17) is 4.98 Å². The summed E-state index contributed by atoms with van der Waals surface area (Å²) in [6.45, 7) is 3.11. The molecule has 1 aromatic heterocycles. The van der Waals surface area contributed by atoms with Crippen LogP contribution >= 0.6 is 11.8 Å². The lowest BCUT2D eigenvalue weighted by molar-refractivity contribution is 0.869. The van der Waals surface area contributed by atoms with Crippen molar-refractivity contribution in [2.24, 2.45) is 0 Å². The van der Waals surface area contributed by atoms with E-state index in [-0.39, 0.29) is 0 Å². The van der Waals surface area contributed by atoms with Gasteiger partial charge in [0.15, 0.2) is 0 Å². The first-order valence-corrected chi connectivity index (χ1v) is 7.83. The molecular weight excluding hydrogens is 244 g/mol. The van der Waals surface area contributed by atoms with E-state index in [1.807, 2.05) is 18.8 Å². The monoisotopic (exact) mass is 266 g/mol. The molecule has 1 aliphatic carbocycles. The van der Waals surface area contributed by atoms with E-state index >= 15 is 0 Å². The molecule has 100 valence electrons. The zero-order valence-electron chi connectivity index (χ0n) is 11.7. The van der Waals surface area contributed by atoms with Gasteiger partial charge in [-0.3, -0.25) is 0 Å². The van der Waals surface area contributed by atoms with Gasteiger partial charge in [-0.2, -0.15) is 11.8 Å². The first-order valence-electron chi connectivity index (χ1n) is 6.43. The molecule has 18 heavy (non-hydrogen) atoms. The topological polar surface area (TPSA) is 41.1 Å². The Bertz CT molecular complexity index is 418. The summed E-state index contributed by atoms with van der Waals surface area (Å²) in [7, 11) is 4.04. The van der Waals surface area contributed by atoms with Crippen molar-refractivity contribution < 1.29 is 0 Å². The van der Waals surface area contributed by atoms with Crippen molar-refractivity contribution in [1.82, 2.24) is 9.97 Å². The third kappa shape index (κ3) is 2.88. The van der Waals surface area contributed by atoms with Crippen LogP contribution in [-0.4, -0.2) is 42.6 Å². The Morgan fingerprint density at radius 2 is 2.11 bits per heavy atom. The molecule has 0 bridgehead atoms. The Hall–Kier alpha value is -0.970. The van der Waals surface area contributed by atoms with Gasteiger partial charge in [0.25, 0.3) is 0 Å². The van der Waals surface area contributed by atoms with Crippen LogP contribution in [0.2, 0.25) is 0 Å². The van der Waals surface area contributed by atoms with Gasteiger partial charge in [0.2, 0.25) is 0 Å². The van der Waals surface area contributed by atoms with Gasteiger partial charge >= 0.3 is 0 Å². The van der Waals surface area contributed by atoms with Crippen molar-refractivity contribution >= 4 is 23.4 Å². The first kappa shape index (κ1) is 13.5. The van der Waals surface area contributed by atoms with Crippen LogP contribution in [0, 0.1) is 6.92 Å². The molecule has 0 spiro atoms. The summed E-state index contributed by atoms with van der Waals surface area (Å²) < 4.78 is 0. The molecular formula is C13H22N4S. The van der Waals surface area contributed by atoms with Gasteiger partial charge in [0.1, 0.15) is 17.5 Å². The molecule has 4 nitrogen and oxygen atoms in total. The largest absolute Gasteiger partial charge is 0.373 e. The van der Waals surface area contributed by atoms with Crippen molar-refractivity contribution in [3.8, 4) is 0 Å². The summed E-state index contributed by atoms with van der Waals surface area (Å²) in [5.74, 6) is 4.76. The molecule has 0 amide bonds. The molecule has 0 atom stereocenters. The van der Waals surface area contributed by atoms with Crippen LogP contribution in [0.25, 0.3) is 0 Å². The highest BCUT2D eigenvalue weighted by Gasteiger charge is 2.28. The molecule has 0 saturated heterocycles. The van der Waals surface area contributed by atoms with Crippen LogP contribution in [0.3, 0.4) is 0 Å². The third-order valence-electron chi connectivity index (χ3n) is 3.31. The lowest BCUT2D eigenvalue weighted by Crippen LogP contribution is -2.23. The van der Waals surface area contributed by atoms with E-state index in [2.05, 4.69) is 35.4 Å². The van der Waals surface area contributed by atoms with E-state index in [0.29, 0.717) is 5.92 Å². The molecule has 1 N–H and O–H groups in total. The van der Waals surface area contributed by atoms with Crippen molar-refractivity contribution in [3.05, 3.63) is 11.4 Å². The van der Waals surface area contributed by atoms with E-state index in [1.54, 1.807) is 0 Å². The highest BCUT2D eigenvalue weighted by molar-refractivity contribution is 7.98. The van der Waals surface area contributed by atoms with Crippen LogP contribution in [-0.2, 0) is 0 Å². The Morgan fingerprint density at radius 1 is 1.39 bits per heavy atom. The summed E-state index contributed by atoms with van der Waals surface area (Å²) >= 11 is 1.86. The van der Waals surface area contributed by atoms with Gasteiger partial charge < -0.3 is 10.2 Å². The molecule has 1 aromatic rings. The van der Waals surface area contributed by atoms with Crippen LogP contribution in [0.5, 0.6) is 0 Å². The zero-order valence-corrected chi connectivity index (χ0v) is 12.5. The van der Waals surface area contributed by atoms with E-state index < -0.39 is 0 Å². The average molecular weight is 266 g/mol. The number of nitrogens with one attached hydrogen (secondary N) is 1. The maximum Gasteiger partial charge on any atom is 0.137 e. The molecule has 5 heteroatoms. The fourth-order valence-corrected chi connectivity index (χ4v) is 2.45. The SMILES string of the molecule is CNc1nc(C2CC2)nc(N(C)CCSC)c1C. The Morgan fingerprint density at radius 3 is 2.67 bits per heavy atom. The minimum absolute atomic E-state index is 0.588. The van der Waals surface area contributed by atoms with E-state index in [0.717, 1.165) is 35.3 Å². The fourth-order valence-electron chi connectivity index (χ4n) is 1.99. The smallest absolute Gasteiger partial charge is 0.137 e. The van der Waals surface area contributed by atoms with Crippen LogP contribution in [0.1, 0.15) is 30.1 Å². The highest BCUT2D eigenvalue weighted by atomic mass is 32.2. The number of aromatic nitrogens is 2. The average Bonchev–Trinajstić information content (AvgIpc) is 3.20. The molecule has 1 fully saturated rings.